The van der Waals surface area contributed by atoms with E-state index in [0.29, 0.717) is 17.2 Å². The van der Waals surface area contributed by atoms with Crippen LogP contribution in [0.1, 0.15) is 13.8 Å². The number of fused-ring (bicyclic) bond motifs is 1. The first-order chi connectivity index (χ1) is 9.80. The molecule has 1 aromatic carbocycles. The minimum Gasteiger partial charge on any atom is -0.480 e. The van der Waals surface area contributed by atoms with Crippen LogP contribution in [0.15, 0.2) is 18.2 Å². The molecule has 0 saturated carbocycles. The molecule has 0 aromatic heterocycles. The molecule has 0 radical (unpaired) electrons. The summed E-state index contributed by atoms with van der Waals surface area (Å²) in [6.45, 7) is 3.22. The molecule has 0 spiro atoms. The summed E-state index contributed by atoms with van der Waals surface area (Å²) in [6, 6.07) is 5.08. The molecule has 1 aromatic rings. The molecule has 1 heterocycles. The van der Waals surface area contributed by atoms with Crippen molar-refractivity contribution in [1.82, 2.24) is 4.90 Å². The largest absolute Gasteiger partial charge is 0.480 e. The number of aliphatic carboxylic acids is 1. The molecule has 1 aliphatic heterocycles. The fraction of sp³-hybridized carbons (Fsp3) is 0.429. The molecular formula is C14H18N2O5. The van der Waals surface area contributed by atoms with E-state index in [1.54, 1.807) is 39.1 Å². The van der Waals surface area contributed by atoms with Gasteiger partial charge in [0.1, 0.15) is 5.54 Å². The molecular weight excluding hydrogens is 276 g/mol. The third-order valence-corrected chi connectivity index (χ3v) is 3.51. The molecule has 7 nitrogen and oxygen atoms in total. The maximum Gasteiger partial charge on any atom is 0.323 e. The predicted octanol–water partition coefficient (Wildman–Crippen LogP) is 1.15. The Hall–Kier alpha value is -2.28. The Morgan fingerprint density at radius 1 is 1.33 bits per heavy atom. The number of carbonyl (C=O) groups excluding carboxylic acids is 1. The molecule has 0 unspecified atom stereocenters. The van der Waals surface area contributed by atoms with Crippen LogP contribution in [0.3, 0.4) is 0 Å². The van der Waals surface area contributed by atoms with Crippen LogP contribution in [0.2, 0.25) is 0 Å². The van der Waals surface area contributed by atoms with Gasteiger partial charge in [0, 0.05) is 11.8 Å². The van der Waals surface area contributed by atoms with Crippen molar-refractivity contribution in [2.75, 3.05) is 25.7 Å². The van der Waals surface area contributed by atoms with Gasteiger partial charge < -0.3 is 19.9 Å². The molecule has 0 fully saturated rings. The smallest absolute Gasteiger partial charge is 0.323 e. The number of likely N-dealkylation sites (N-methyl/N-ethyl adjacent to an activating group) is 1. The quantitative estimate of drug-likeness (QED) is 0.847. The fourth-order valence-electron chi connectivity index (χ4n) is 1.75. The third-order valence-electron chi connectivity index (χ3n) is 3.51. The molecule has 2 rings (SSSR count). The number of carbonyl (C=O) groups is 2. The van der Waals surface area contributed by atoms with E-state index in [4.69, 9.17) is 14.6 Å². The zero-order valence-electron chi connectivity index (χ0n) is 12.2. The third kappa shape index (κ3) is 3.25. The summed E-state index contributed by atoms with van der Waals surface area (Å²) < 4.78 is 10.4. The van der Waals surface area contributed by atoms with Gasteiger partial charge in [-0.3, -0.25) is 14.5 Å². The summed E-state index contributed by atoms with van der Waals surface area (Å²) in [5.41, 5.74) is -0.544. The monoisotopic (exact) mass is 294 g/mol. The second-order valence-corrected chi connectivity index (χ2v) is 5.34. The van der Waals surface area contributed by atoms with E-state index in [9.17, 15) is 9.59 Å². The molecule has 2 N–H and O–H groups in total. The summed E-state index contributed by atoms with van der Waals surface area (Å²) in [5.74, 6) is -0.0734. The number of rotatable bonds is 5. The van der Waals surface area contributed by atoms with Crippen LogP contribution in [-0.2, 0) is 9.59 Å². The van der Waals surface area contributed by atoms with Gasteiger partial charge in [-0.1, -0.05) is 0 Å². The average Bonchev–Trinajstić information content (AvgIpc) is 2.85. The summed E-state index contributed by atoms with van der Waals surface area (Å²) in [5, 5.41) is 11.8. The first kappa shape index (κ1) is 15.1. The van der Waals surface area contributed by atoms with Gasteiger partial charge in [-0.15, -0.1) is 0 Å². The zero-order chi connectivity index (χ0) is 15.6. The highest BCUT2D eigenvalue weighted by Crippen LogP contribution is 2.34. The minimum atomic E-state index is -1.12. The van der Waals surface area contributed by atoms with Crippen LogP contribution in [0.5, 0.6) is 11.5 Å². The van der Waals surface area contributed by atoms with Crippen LogP contribution < -0.4 is 14.8 Å². The lowest BCUT2D eigenvalue weighted by atomic mass is 10.0. The number of nitrogens with zero attached hydrogens (tertiary/aromatic N) is 1. The van der Waals surface area contributed by atoms with Crippen LogP contribution in [0.25, 0.3) is 0 Å². The van der Waals surface area contributed by atoms with Gasteiger partial charge in [0.15, 0.2) is 11.5 Å². The number of benzene rings is 1. The van der Waals surface area contributed by atoms with Crippen molar-refractivity contribution in [1.29, 1.82) is 0 Å². The van der Waals surface area contributed by atoms with Crippen LogP contribution >= 0.6 is 0 Å². The van der Waals surface area contributed by atoms with E-state index in [2.05, 4.69) is 5.32 Å². The average molecular weight is 294 g/mol. The van der Waals surface area contributed by atoms with Crippen molar-refractivity contribution in [3.05, 3.63) is 18.2 Å². The topological polar surface area (TPSA) is 88.1 Å². The molecule has 1 aliphatic rings. The summed E-state index contributed by atoms with van der Waals surface area (Å²) in [7, 11) is 1.59. The van der Waals surface area contributed by atoms with Gasteiger partial charge in [-0.05, 0) is 33.0 Å². The zero-order valence-corrected chi connectivity index (χ0v) is 12.2. The molecule has 7 heteroatoms. The van der Waals surface area contributed by atoms with Crippen molar-refractivity contribution in [3.8, 4) is 11.5 Å². The van der Waals surface area contributed by atoms with Gasteiger partial charge in [-0.2, -0.15) is 0 Å². The van der Waals surface area contributed by atoms with Crippen molar-refractivity contribution in [2.24, 2.45) is 0 Å². The normalized spacial score (nSPS) is 13.3. The van der Waals surface area contributed by atoms with Crippen LogP contribution in [0, 0.1) is 0 Å². The Labute approximate surface area is 122 Å². The van der Waals surface area contributed by atoms with E-state index in [-0.39, 0.29) is 19.2 Å². The number of amides is 1. The fourth-order valence-corrected chi connectivity index (χ4v) is 1.75. The van der Waals surface area contributed by atoms with E-state index in [0.717, 1.165) is 0 Å². The minimum absolute atomic E-state index is 0.0340. The van der Waals surface area contributed by atoms with Crippen molar-refractivity contribution in [2.45, 2.75) is 19.4 Å². The number of carboxylic acids is 1. The molecule has 114 valence electrons. The van der Waals surface area contributed by atoms with Crippen molar-refractivity contribution >= 4 is 17.6 Å². The number of hydrogen-bond donors (Lipinski definition) is 2. The molecule has 1 amide bonds. The van der Waals surface area contributed by atoms with Crippen LogP contribution in [-0.4, -0.2) is 47.8 Å². The molecule has 0 bridgehead atoms. The van der Waals surface area contributed by atoms with Crippen molar-refractivity contribution in [3.63, 3.8) is 0 Å². The SMILES string of the molecule is CN(CC(=O)Nc1ccc2c(c1)OCO2)C(C)(C)C(=O)O. The predicted molar refractivity (Wildman–Crippen MR) is 75.5 cm³/mol. The van der Waals surface area contributed by atoms with Crippen LogP contribution in [0.4, 0.5) is 5.69 Å². The highest BCUT2D eigenvalue weighted by atomic mass is 16.7. The second-order valence-electron chi connectivity index (χ2n) is 5.34. The molecule has 0 saturated heterocycles. The van der Waals surface area contributed by atoms with E-state index < -0.39 is 11.5 Å². The van der Waals surface area contributed by atoms with Gasteiger partial charge >= 0.3 is 5.97 Å². The Bertz CT molecular complexity index is 570. The van der Waals surface area contributed by atoms with E-state index in [1.807, 2.05) is 0 Å². The number of ether oxygens (including phenoxy) is 2. The maximum absolute atomic E-state index is 12.0. The number of nitrogens with one attached hydrogen (secondary N) is 1. The van der Waals surface area contributed by atoms with Gasteiger partial charge in [0.2, 0.25) is 12.7 Å². The summed E-state index contributed by atoms with van der Waals surface area (Å²) in [4.78, 5) is 24.6. The summed E-state index contributed by atoms with van der Waals surface area (Å²) >= 11 is 0. The number of anilines is 1. The first-order valence-electron chi connectivity index (χ1n) is 6.45. The van der Waals surface area contributed by atoms with Gasteiger partial charge in [-0.25, -0.2) is 0 Å². The molecule has 0 atom stereocenters. The highest BCUT2D eigenvalue weighted by Gasteiger charge is 2.33. The Kier molecular flexibility index (Phi) is 4.04. The second kappa shape index (κ2) is 5.61. The lowest BCUT2D eigenvalue weighted by Crippen LogP contribution is -2.50. The number of hydrogen-bond acceptors (Lipinski definition) is 5. The van der Waals surface area contributed by atoms with Gasteiger partial charge in [0.25, 0.3) is 0 Å². The Morgan fingerprint density at radius 3 is 2.67 bits per heavy atom. The van der Waals surface area contributed by atoms with Gasteiger partial charge in [0.05, 0.1) is 6.54 Å². The Morgan fingerprint density at radius 2 is 2.00 bits per heavy atom. The maximum atomic E-state index is 12.0. The van der Waals surface area contributed by atoms with E-state index in [1.165, 1.54) is 4.90 Å². The lowest BCUT2D eigenvalue weighted by Gasteiger charge is -2.30. The number of carboxylic acid groups (broad SMARTS) is 1. The Balaban J connectivity index is 1.97. The first-order valence-corrected chi connectivity index (χ1v) is 6.45. The molecule has 21 heavy (non-hydrogen) atoms. The summed E-state index contributed by atoms with van der Waals surface area (Å²) in [6.07, 6.45) is 0. The molecule has 0 aliphatic carbocycles. The van der Waals surface area contributed by atoms with E-state index >= 15 is 0 Å². The standard InChI is InChI=1S/C14H18N2O5/c1-14(2,13(18)19)16(3)7-12(17)15-9-4-5-10-11(6-9)21-8-20-10/h4-6H,7-8H2,1-3H3,(H,15,17)(H,18,19). The highest BCUT2D eigenvalue weighted by molar-refractivity contribution is 5.93. The van der Waals surface area contributed by atoms with Crippen molar-refractivity contribution < 1.29 is 24.2 Å². The lowest BCUT2D eigenvalue weighted by molar-refractivity contribution is -0.148.